The summed E-state index contributed by atoms with van der Waals surface area (Å²) < 4.78 is 59.0. The van der Waals surface area contributed by atoms with Crippen LogP contribution in [0.1, 0.15) is 168 Å². The second-order valence-electron chi connectivity index (χ2n) is 16.3. The normalized spacial score (nSPS) is 20.5. The summed E-state index contributed by atoms with van der Waals surface area (Å²) in [6.45, 7) is 3.63. The SMILES string of the molecule is CC/C=C\C/C=C\C/C=C\C/C=C\C/C=C\CCOCC(COC1OC(CO)C(O)C(OS(=O)(=O)O)C1O)OC(=O)CCCCCCCCCCC/C=C\C/C=C\CCCCCCC. The van der Waals surface area contributed by atoms with Crippen molar-refractivity contribution in [3.8, 4) is 0 Å². The third-order valence-corrected chi connectivity index (χ3v) is 11.0. The molecule has 1 rings (SSSR count). The van der Waals surface area contributed by atoms with E-state index in [1.54, 1.807) is 0 Å². The first-order valence-electron chi connectivity index (χ1n) is 24.3. The molecule has 4 N–H and O–H groups in total. The Bertz CT molecular complexity index is 1440. The molecule has 1 saturated heterocycles. The number of esters is 1. The smallest absolute Gasteiger partial charge is 0.397 e. The van der Waals surface area contributed by atoms with Crippen molar-refractivity contribution in [3.63, 3.8) is 0 Å². The van der Waals surface area contributed by atoms with Gasteiger partial charge in [0.1, 0.15) is 30.5 Å². The van der Waals surface area contributed by atoms with Crippen molar-refractivity contribution >= 4 is 16.4 Å². The van der Waals surface area contributed by atoms with Crippen molar-refractivity contribution in [1.82, 2.24) is 0 Å². The number of hydrogen-bond acceptors (Lipinski definition) is 11. The van der Waals surface area contributed by atoms with Crippen LogP contribution in [0.4, 0.5) is 0 Å². The van der Waals surface area contributed by atoms with Crippen LogP contribution in [0.25, 0.3) is 0 Å². The van der Waals surface area contributed by atoms with Crippen LogP contribution in [-0.2, 0) is 38.3 Å². The Labute approximate surface area is 387 Å². The molecular weight excluding hydrogens is 837 g/mol. The first-order valence-corrected chi connectivity index (χ1v) is 25.7. The first-order chi connectivity index (χ1) is 31.1. The van der Waals surface area contributed by atoms with Gasteiger partial charge in [-0.25, -0.2) is 4.18 Å². The van der Waals surface area contributed by atoms with Gasteiger partial charge in [-0.3, -0.25) is 9.35 Å². The van der Waals surface area contributed by atoms with Gasteiger partial charge in [0.2, 0.25) is 0 Å². The predicted molar refractivity (Wildman–Crippen MR) is 257 cm³/mol. The maximum atomic E-state index is 12.9. The average molecular weight is 923 g/mol. The number of hydrogen-bond donors (Lipinski definition) is 4. The number of rotatable bonds is 41. The maximum absolute atomic E-state index is 12.9. The highest BCUT2D eigenvalue weighted by atomic mass is 32.3. The van der Waals surface area contributed by atoms with Gasteiger partial charge in [-0.2, -0.15) is 8.42 Å². The van der Waals surface area contributed by atoms with Crippen LogP contribution in [-0.4, -0.2) is 97.5 Å². The van der Waals surface area contributed by atoms with Crippen molar-refractivity contribution in [2.45, 2.75) is 205 Å². The first kappa shape index (κ1) is 59.3. The Kier molecular flexibility index (Phi) is 38.6. The van der Waals surface area contributed by atoms with Gasteiger partial charge in [-0.05, 0) is 77.0 Å². The molecule has 1 aliphatic rings. The molecule has 0 aromatic heterocycles. The standard InChI is InChI=1S/C51H86O12S/c1-3-5-7-9-11-13-15-17-19-21-22-23-24-25-26-28-30-32-34-36-38-40-47(53)61-45(44-60-51-49(55)50(63-64(56,57)58)48(54)46(42-52)62-51)43-59-41-39-37-35-33-31-29-27-20-18-16-14-12-10-8-6-4-2/h6,8,12,14-15,17-18,20-22,29,31,35,37,45-46,48-52,54-55H,3-5,7,9-11,13,16,19,23-28,30,32-34,36,38-44H2,1-2H3,(H,56,57,58)/b8-6-,14-12-,17-15-,20-18-,22-21-,31-29-,37-35-. The minimum atomic E-state index is -5.08. The monoisotopic (exact) mass is 923 g/mol. The third-order valence-electron chi connectivity index (χ3n) is 10.5. The van der Waals surface area contributed by atoms with Crippen molar-refractivity contribution in [1.29, 1.82) is 0 Å². The second kappa shape index (κ2) is 41.7. The second-order valence-corrected chi connectivity index (χ2v) is 17.4. The molecule has 6 unspecified atom stereocenters. The lowest BCUT2D eigenvalue weighted by molar-refractivity contribution is -0.301. The van der Waals surface area contributed by atoms with Crippen molar-refractivity contribution in [2.24, 2.45) is 0 Å². The van der Waals surface area contributed by atoms with Crippen LogP contribution >= 0.6 is 0 Å². The van der Waals surface area contributed by atoms with E-state index in [1.165, 1.54) is 70.6 Å². The summed E-state index contributed by atoms with van der Waals surface area (Å²) in [5.41, 5.74) is 0. The third kappa shape index (κ3) is 34.6. The van der Waals surface area contributed by atoms with Crippen LogP contribution in [0.2, 0.25) is 0 Å². The minimum absolute atomic E-state index is 0.0246. The lowest BCUT2D eigenvalue weighted by Gasteiger charge is -2.41. The van der Waals surface area contributed by atoms with E-state index >= 15 is 0 Å². The van der Waals surface area contributed by atoms with Gasteiger partial charge in [0.25, 0.3) is 0 Å². The fourth-order valence-electron chi connectivity index (χ4n) is 6.88. The van der Waals surface area contributed by atoms with E-state index in [1.807, 2.05) is 12.2 Å². The zero-order valence-corrected chi connectivity index (χ0v) is 40.1. The van der Waals surface area contributed by atoms with Gasteiger partial charge in [0.15, 0.2) is 6.29 Å². The number of aliphatic hydroxyl groups excluding tert-OH is 3. The van der Waals surface area contributed by atoms with Crippen molar-refractivity contribution in [3.05, 3.63) is 85.1 Å². The van der Waals surface area contributed by atoms with E-state index in [4.69, 9.17) is 18.9 Å². The Morgan fingerprint density at radius 1 is 0.609 bits per heavy atom. The van der Waals surface area contributed by atoms with Gasteiger partial charge >= 0.3 is 16.4 Å². The number of ether oxygens (including phenoxy) is 4. The number of carbonyl (C=O) groups is 1. The Morgan fingerprint density at radius 2 is 1.08 bits per heavy atom. The number of carbonyl (C=O) groups excluding carboxylic acids is 1. The zero-order valence-electron chi connectivity index (χ0n) is 39.3. The molecule has 1 heterocycles. The predicted octanol–water partition coefficient (Wildman–Crippen LogP) is 10.9. The van der Waals surface area contributed by atoms with Crippen LogP contribution in [0, 0.1) is 0 Å². The zero-order chi connectivity index (χ0) is 46.8. The molecule has 0 radical (unpaired) electrons. The minimum Gasteiger partial charge on any atom is -0.457 e. The largest absolute Gasteiger partial charge is 0.457 e. The Balaban J connectivity index is 2.44. The highest BCUT2D eigenvalue weighted by Crippen LogP contribution is 2.26. The molecule has 0 aliphatic carbocycles. The van der Waals surface area contributed by atoms with Crippen molar-refractivity contribution in [2.75, 3.05) is 26.4 Å². The molecule has 0 spiro atoms. The number of unbranched alkanes of at least 4 members (excludes halogenated alkanes) is 14. The maximum Gasteiger partial charge on any atom is 0.397 e. The molecule has 1 aliphatic heterocycles. The molecule has 6 atom stereocenters. The average Bonchev–Trinajstić information content (AvgIpc) is 3.27. The molecule has 0 amide bonds. The molecule has 0 bridgehead atoms. The molecule has 64 heavy (non-hydrogen) atoms. The van der Waals surface area contributed by atoms with Crippen LogP contribution in [0.15, 0.2) is 85.1 Å². The van der Waals surface area contributed by atoms with Gasteiger partial charge in [0, 0.05) is 6.42 Å². The highest BCUT2D eigenvalue weighted by molar-refractivity contribution is 7.80. The Morgan fingerprint density at radius 3 is 1.58 bits per heavy atom. The highest BCUT2D eigenvalue weighted by Gasteiger charge is 2.48. The molecular formula is C51H86O12S. The summed E-state index contributed by atoms with van der Waals surface area (Å²) >= 11 is 0. The summed E-state index contributed by atoms with van der Waals surface area (Å²) in [6.07, 6.45) is 46.4. The van der Waals surface area contributed by atoms with Crippen LogP contribution in [0.5, 0.6) is 0 Å². The van der Waals surface area contributed by atoms with E-state index in [0.29, 0.717) is 19.4 Å². The van der Waals surface area contributed by atoms with E-state index < -0.39 is 59.8 Å². The summed E-state index contributed by atoms with van der Waals surface area (Å²) in [4.78, 5) is 12.9. The summed E-state index contributed by atoms with van der Waals surface area (Å²) in [6, 6.07) is 0. The fourth-order valence-corrected chi connectivity index (χ4v) is 7.39. The molecule has 0 saturated carbocycles. The number of aliphatic hydroxyl groups is 3. The van der Waals surface area contributed by atoms with Gasteiger partial charge < -0.3 is 34.3 Å². The number of allylic oxidation sites excluding steroid dienone is 13. The summed E-state index contributed by atoms with van der Waals surface area (Å²) in [5, 5.41) is 30.7. The summed E-state index contributed by atoms with van der Waals surface area (Å²) in [7, 11) is -5.08. The lowest BCUT2D eigenvalue weighted by atomic mass is 9.99. The van der Waals surface area contributed by atoms with Crippen LogP contribution < -0.4 is 0 Å². The quantitative estimate of drug-likeness (QED) is 0.0198. The van der Waals surface area contributed by atoms with Gasteiger partial charge in [-0.1, -0.05) is 170 Å². The molecule has 12 nitrogen and oxygen atoms in total. The van der Waals surface area contributed by atoms with E-state index in [0.717, 1.165) is 64.2 Å². The van der Waals surface area contributed by atoms with Gasteiger partial charge in [0.05, 0.1) is 26.4 Å². The van der Waals surface area contributed by atoms with E-state index in [2.05, 4.69) is 90.9 Å². The molecule has 13 heteroatoms. The summed E-state index contributed by atoms with van der Waals surface area (Å²) in [5.74, 6) is -0.431. The fraction of sp³-hybridized carbons (Fsp3) is 0.706. The molecule has 1 fully saturated rings. The topological polar surface area (TPSA) is 178 Å². The van der Waals surface area contributed by atoms with Crippen molar-refractivity contribution < 1.29 is 56.2 Å². The molecule has 0 aromatic rings. The molecule has 368 valence electrons. The lowest BCUT2D eigenvalue weighted by Crippen LogP contribution is -2.60. The van der Waals surface area contributed by atoms with Crippen LogP contribution in [0.3, 0.4) is 0 Å². The van der Waals surface area contributed by atoms with E-state index in [-0.39, 0.29) is 19.6 Å². The molecule has 0 aromatic carbocycles. The van der Waals surface area contributed by atoms with Gasteiger partial charge in [-0.15, -0.1) is 0 Å². The van der Waals surface area contributed by atoms with E-state index in [9.17, 15) is 33.1 Å². The Hall–Kier alpha value is -2.72.